The predicted molar refractivity (Wildman–Crippen MR) is 183 cm³/mol. The number of phenolic OH excluding ortho intramolecular Hbond substituents is 4. The molecule has 0 aliphatic heterocycles. The molecule has 1 heterocycles. The van der Waals surface area contributed by atoms with Crippen molar-refractivity contribution in [1.29, 1.82) is 0 Å². The maximum absolute atomic E-state index is 13.3. The van der Waals surface area contributed by atoms with Crippen molar-refractivity contribution in [2.75, 3.05) is 0 Å². The van der Waals surface area contributed by atoms with E-state index in [-0.39, 0.29) is 40.2 Å². The summed E-state index contributed by atoms with van der Waals surface area (Å²) >= 11 is 0. The molecule has 0 unspecified atom stereocenters. The number of ether oxygens (including phenoxy) is 1. The third-order valence-corrected chi connectivity index (χ3v) is 8.61. The van der Waals surface area contributed by atoms with Crippen LogP contribution < -0.4 is 10.2 Å². The Bertz CT molecular complexity index is 1410. The molecule has 3 aromatic rings. The number of rotatable bonds is 23. The summed E-state index contributed by atoms with van der Waals surface area (Å²) in [5.41, 5.74) is -0.754. The Morgan fingerprint density at radius 2 is 1.13 bits per heavy atom. The van der Waals surface area contributed by atoms with Crippen molar-refractivity contribution in [3.05, 3.63) is 40.6 Å². The minimum absolute atomic E-state index is 0.109. The van der Waals surface area contributed by atoms with Gasteiger partial charge in [-0.2, -0.15) is 0 Å². The Morgan fingerprint density at radius 1 is 0.630 bits per heavy atom. The zero-order valence-electron chi connectivity index (χ0n) is 27.7. The molecule has 0 bridgehead atoms. The Labute approximate surface area is 273 Å². The van der Waals surface area contributed by atoms with Crippen molar-refractivity contribution in [2.24, 2.45) is 0 Å². The van der Waals surface area contributed by atoms with Crippen molar-refractivity contribution in [3.63, 3.8) is 0 Å². The molecular weight excluding hydrogens is 584 g/mol. The van der Waals surface area contributed by atoms with Gasteiger partial charge in [0, 0.05) is 24.1 Å². The highest BCUT2D eigenvalue weighted by Crippen LogP contribution is 2.38. The Morgan fingerprint density at radius 3 is 1.63 bits per heavy atom. The molecule has 1 aromatic heterocycles. The molecule has 0 fully saturated rings. The molecule has 0 spiro atoms. The number of hydrogen-bond donors (Lipinski definition) is 4. The van der Waals surface area contributed by atoms with Crippen molar-refractivity contribution < 1.29 is 34.4 Å². The lowest BCUT2D eigenvalue weighted by Gasteiger charge is -2.12. The SMILES string of the molecule is CCCCCCCCCCCCCCCCCCCCCCC(=O)Oc1c(-c2ccc(O)c(O)c2)oc2cc(O)cc(O)c2c1=O. The van der Waals surface area contributed by atoms with Crippen LogP contribution in [0.3, 0.4) is 0 Å². The largest absolute Gasteiger partial charge is 0.508 e. The number of aromatic hydroxyl groups is 4. The van der Waals surface area contributed by atoms with E-state index in [1.807, 2.05) is 0 Å². The van der Waals surface area contributed by atoms with Gasteiger partial charge in [-0.15, -0.1) is 0 Å². The zero-order chi connectivity index (χ0) is 33.1. The molecule has 0 atom stereocenters. The van der Waals surface area contributed by atoms with Gasteiger partial charge in [0.2, 0.25) is 11.2 Å². The van der Waals surface area contributed by atoms with Gasteiger partial charge in [0.15, 0.2) is 17.3 Å². The fourth-order valence-electron chi connectivity index (χ4n) is 5.91. The van der Waals surface area contributed by atoms with Crippen LogP contribution in [0.4, 0.5) is 0 Å². The molecule has 46 heavy (non-hydrogen) atoms. The average Bonchev–Trinajstić information content (AvgIpc) is 3.02. The third kappa shape index (κ3) is 12.3. The van der Waals surface area contributed by atoms with Gasteiger partial charge < -0.3 is 29.6 Å². The second kappa shape index (κ2) is 20.4. The third-order valence-electron chi connectivity index (χ3n) is 8.61. The van der Waals surface area contributed by atoms with Crippen LogP contribution >= 0.6 is 0 Å². The van der Waals surface area contributed by atoms with E-state index < -0.39 is 28.6 Å². The summed E-state index contributed by atoms with van der Waals surface area (Å²) in [4.78, 5) is 26.1. The zero-order valence-corrected chi connectivity index (χ0v) is 27.7. The van der Waals surface area contributed by atoms with Gasteiger partial charge in [0.05, 0.1) is 0 Å². The van der Waals surface area contributed by atoms with Crippen LogP contribution in [0.2, 0.25) is 0 Å². The maximum Gasteiger partial charge on any atom is 0.311 e. The summed E-state index contributed by atoms with van der Waals surface area (Å²) in [5.74, 6) is -2.89. The van der Waals surface area contributed by atoms with Gasteiger partial charge in [-0.3, -0.25) is 9.59 Å². The van der Waals surface area contributed by atoms with Crippen molar-refractivity contribution in [3.8, 4) is 40.1 Å². The Hall–Kier alpha value is -3.68. The number of phenols is 4. The molecular formula is C38H54O8. The summed E-state index contributed by atoms with van der Waals surface area (Å²) in [6, 6.07) is 5.91. The monoisotopic (exact) mass is 638 g/mol. The summed E-state index contributed by atoms with van der Waals surface area (Å²) < 4.78 is 11.2. The number of benzene rings is 2. The number of esters is 1. The topological polar surface area (TPSA) is 137 Å². The predicted octanol–water partition coefficient (Wildman–Crippen LogP) is 10.4. The number of unbranched alkanes of at least 4 members (excludes halogenated alkanes) is 19. The first-order valence-electron chi connectivity index (χ1n) is 17.6. The van der Waals surface area contributed by atoms with E-state index in [9.17, 15) is 30.0 Å². The molecule has 254 valence electrons. The summed E-state index contributed by atoms with van der Waals surface area (Å²) in [6.45, 7) is 2.27. The highest BCUT2D eigenvalue weighted by molar-refractivity contribution is 5.89. The molecule has 0 saturated heterocycles. The van der Waals surface area contributed by atoms with Gasteiger partial charge in [-0.1, -0.05) is 129 Å². The van der Waals surface area contributed by atoms with E-state index in [1.165, 1.54) is 115 Å². The van der Waals surface area contributed by atoms with Crippen LogP contribution in [-0.2, 0) is 4.79 Å². The number of carbonyl (C=O) groups is 1. The van der Waals surface area contributed by atoms with Gasteiger partial charge in [-0.05, 0) is 24.6 Å². The van der Waals surface area contributed by atoms with Gasteiger partial charge in [0.25, 0.3) is 0 Å². The van der Waals surface area contributed by atoms with Crippen LogP contribution in [-0.4, -0.2) is 26.4 Å². The highest BCUT2D eigenvalue weighted by Gasteiger charge is 2.23. The lowest BCUT2D eigenvalue weighted by Crippen LogP contribution is -2.16. The second-order valence-corrected chi connectivity index (χ2v) is 12.6. The molecule has 8 nitrogen and oxygen atoms in total. The van der Waals surface area contributed by atoms with E-state index in [0.29, 0.717) is 6.42 Å². The Balaban J connectivity index is 1.32. The molecule has 4 N–H and O–H groups in total. The standard InChI is InChI=1S/C38H54O8/c1-2-3-4-5-6-7-8-9-10-11-12-13-14-15-16-17-18-19-20-21-22-34(43)46-38-36(44)35-32(42)26-29(39)27-33(35)45-37(38)28-23-24-30(40)31(41)25-28/h23-27,39-42H,2-22H2,1H3. The fraction of sp³-hybridized carbons (Fsp3) is 0.579. The van der Waals surface area contributed by atoms with E-state index in [1.54, 1.807) is 0 Å². The van der Waals surface area contributed by atoms with E-state index in [2.05, 4.69) is 6.92 Å². The normalized spacial score (nSPS) is 11.3. The molecule has 3 rings (SSSR count). The Kier molecular flexibility index (Phi) is 16.3. The molecule has 0 radical (unpaired) electrons. The molecule has 8 heteroatoms. The first-order chi connectivity index (χ1) is 22.3. The number of carbonyl (C=O) groups excluding carboxylic acids is 1. The minimum atomic E-state index is -0.793. The van der Waals surface area contributed by atoms with Crippen molar-refractivity contribution in [2.45, 2.75) is 142 Å². The smallest absolute Gasteiger partial charge is 0.311 e. The van der Waals surface area contributed by atoms with Crippen molar-refractivity contribution >= 4 is 16.9 Å². The fourth-order valence-corrected chi connectivity index (χ4v) is 5.91. The van der Waals surface area contributed by atoms with Crippen LogP contribution in [0.15, 0.2) is 39.5 Å². The maximum atomic E-state index is 13.3. The first kappa shape index (κ1) is 36.8. The van der Waals surface area contributed by atoms with E-state index in [0.717, 1.165) is 37.5 Å². The van der Waals surface area contributed by atoms with Crippen LogP contribution in [0.25, 0.3) is 22.3 Å². The minimum Gasteiger partial charge on any atom is -0.508 e. The van der Waals surface area contributed by atoms with Crippen LogP contribution in [0.1, 0.15) is 142 Å². The summed E-state index contributed by atoms with van der Waals surface area (Å²) in [5, 5.41) is 39.6. The lowest BCUT2D eigenvalue weighted by molar-refractivity contribution is -0.134. The second-order valence-electron chi connectivity index (χ2n) is 12.6. The molecule has 0 aliphatic carbocycles. The average molecular weight is 639 g/mol. The number of fused-ring (bicyclic) bond motifs is 1. The van der Waals surface area contributed by atoms with Gasteiger partial charge in [0.1, 0.15) is 22.5 Å². The van der Waals surface area contributed by atoms with E-state index >= 15 is 0 Å². The van der Waals surface area contributed by atoms with Crippen LogP contribution in [0, 0.1) is 0 Å². The molecule has 0 saturated carbocycles. The van der Waals surface area contributed by atoms with Crippen molar-refractivity contribution in [1.82, 2.24) is 0 Å². The summed E-state index contributed by atoms with van der Waals surface area (Å²) in [6.07, 6.45) is 25.4. The lowest BCUT2D eigenvalue weighted by atomic mass is 10.0. The number of hydrogen-bond acceptors (Lipinski definition) is 8. The van der Waals surface area contributed by atoms with Crippen LogP contribution in [0.5, 0.6) is 28.7 Å². The van der Waals surface area contributed by atoms with E-state index in [4.69, 9.17) is 9.15 Å². The van der Waals surface area contributed by atoms with Gasteiger partial charge in [-0.25, -0.2) is 0 Å². The molecule has 0 amide bonds. The molecule has 2 aromatic carbocycles. The first-order valence-corrected chi connectivity index (χ1v) is 17.6. The quantitative estimate of drug-likeness (QED) is 0.0457. The summed E-state index contributed by atoms with van der Waals surface area (Å²) in [7, 11) is 0. The highest BCUT2D eigenvalue weighted by atomic mass is 16.5. The molecule has 0 aliphatic rings. The van der Waals surface area contributed by atoms with Gasteiger partial charge >= 0.3 is 5.97 Å².